The van der Waals surface area contributed by atoms with Gasteiger partial charge in [0.1, 0.15) is 5.75 Å². The van der Waals surface area contributed by atoms with Crippen LogP contribution in [-0.2, 0) is 0 Å². The van der Waals surface area contributed by atoms with Gasteiger partial charge in [0.2, 0.25) is 0 Å². The largest absolute Gasteiger partial charge is 0.507 e. The summed E-state index contributed by atoms with van der Waals surface area (Å²) in [4.78, 5) is 1.13. The SMILES string of the molecule is NC(=S)NN=Cc1cc(-c2cccs2)ccc1O. The Hall–Kier alpha value is -1.92. The first-order chi connectivity index (χ1) is 8.66. The molecule has 2 aromatic rings. The topological polar surface area (TPSA) is 70.6 Å². The molecular formula is C12H11N3OS2. The Labute approximate surface area is 114 Å². The van der Waals surface area contributed by atoms with Crippen molar-refractivity contribution in [2.45, 2.75) is 0 Å². The Morgan fingerprint density at radius 2 is 2.28 bits per heavy atom. The number of benzene rings is 1. The second-order valence-electron chi connectivity index (χ2n) is 3.49. The van der Waals surface area contributed by atoms with Crippen LogP contribution in [0.4, 0.5) is 0 Å². The summed E-state index contributed by atoms with van der Waals surface area (Å²) < 4.78 is 0. The molecule has 1 aromatic heterocycles. The lowest BCUT2D eigenvalue weighted by molar-refractivity contribution is 0.474. The molecular weight excluding hydrogens is 266 g/mol. The lowest BCUT2D eigenvalue weighted by Crippen LogP contribution is -2.23. The standard InChI is InChI=1S/C12H11N3OS2/c13-12(17)15-14-7-9-6-8(3-4-10(9)16)11-2-1-5-18-11/h1-7,16H,(H3,13,15,17). The van der Waals surface area contributed by atoms with Crippen molar-refractivity contribution in [3.63, 3.8) is 0 Å². The van der Waals surface area contributed by atoms with E-state index in [9.17, 15) is 5.11 Å². The van der Waals surface area contributed by atoms with Gasteiger partial charge in [0.25, 0.3) is 0 Å². The van der Waals surface area contributed by atoms with Crippen molar-refractivity contribution in [2.75, 3.05) is 0 Å². The zero-order valence-electron chi connectivity index (χ0n) is 9.33. The molecule has 0 aliphatic carbocycles. The molecule has 18 heavy (non-hydrogen) atoms. The fourth-order valence-corrected chi connectivity index (χ4v) is 2.20. The van der Waals surface area contributed by atoms with Gasteiger partial charge in [-0.1, -0.05) is 6.07 Å². The van der Waals surface area contributed by atoms with E-state index in [1.54, 1.807) is 17.4 Å². The van der Waals surface area contributed by atoms with Crippen molar-refractivity contribution >= 4 is 34.9 Å². The maximum absolute atomic E-state index is 9.72. The number of nitrogens with zero attached hydrogens (tertiary/aromatic N) is 1. The number of hydrazone groups is 1. The molecule has 0 aliphatic heterocycles. The van der Waals surface area contributed by atoms with E-state index in [0.29, 0.717) is 5.56 Å². The minimum absolute atomic E-state index is 0.0835. The van der Waals surface area contributed by atoms with Gasteiger partial charge in [-0.25, -0.2) is 0 Å². The maximum atomic E-state index is 9.72. The number of phenols is 1. The summed E-state index contributed by atoms with van der Waals surface area (Å²) in [5.41, 5.74) is 9.32. The number of aromatic hydroxyl groups is 1. The molecule has 92 valence electrons. The van der Waals surface area contributed by atoms with Crippen LogP contribution in [0.3, 0.4) is 0 Å². The lowest BCUT2D eigenvalue weighted by Gasteiger charge is -2.02. The van der Waals surface area contributed by atoms with Gasteiger partial charge in [-0.3, -0.25) is 5.43 Å². The highest BCUT2D eigenvalue weighted by molar-refractivity contribution is 7.80. The van der Waals surface area contributed by atoms with Crippen molar-refractivity contribution in [3.8, 4) is 16.2 Å². The molecule has 0 spiro atoms. The molecule has 2 rings (SSSR count). The second-order valence-corrected chi connectivity index (χ2v) is 4.87. The summed E-state index contributed by atoms with van der Waals surface area (Å²) in [6.07, 6.45) is 1.48. The Bertz CT molecular complexity index is 579. The Balaban J connectivity index is 2.27. The zero-order chi connectivity index (χ0) is 13.0. The predicted octanol–water partition coefficient (Wildman–Crippen LogP) is 2.29. The number of nitrogens with two attached hydrogens (primary N) is 1. The summed E-state index contributed by atoms with van der Waals surface area (Å²) in [5.74, 6) is 0.156. The molecule has 0 aliphatic rings. The van der Waals surface area contributed by atoms with Crippen LogP contribution in [0.1, 0.15) is 5.56 Å². The highest BCUT2D eigenvalue weighted by atomic mass is 32.1. The van der Waals surface area contributed by atoms with E-state index in [4.69, 9.17) is 5.73 Å². The number of phenolic OH excluding ortho intramolecular Hbond substituents is 1. The molecule has 1 aromatic carbocycles. The third kappa shape index (κ3) is 3.06. The third-order valence-corrected chi connectivity index (χ3v) is 3.22. The van der Waals surface area contributed by atoms with E-state index in [1.807, 2.05) is 29.6 Å². The number of nitrogens with one attached hydrogen (secondary N) is 1. The second kappa shape index (κ2) is 5.61. The number of rotatable bonds is 3. The summed E-state index contributed by atoms with van der Waals surface area (Å²) >= 11 is 6.26. The van der Waals surface area contributed by atoms with E-state index in [-0.39, 0.29) is 10.9 Å². The fraction of sp³-hybridized carbons (Fsp3) is 0. The summed E-state index contributed by atoms with van der Waals surface area (Å²) in [5, 5.41) is 15.6. The summed E-state index contributed by atoms with van der Waals surface area (Å²) in [7, 11) is 0. The first-order valence-electron chi connectivity index (χ1n) is 5.12. The highest BCUT2D eigenvalue weighted by Gasteiger charge is 2.03. The van der Waals surface area contributed by atoms with Crippen LogP contribution in [0.25, 0.3) is 10.4 Å². The first-order valence-corrected chi connectivity index (χ1v) is 6.41. The fourth-order valence-electron chi connectivity index (χ4n) is 1.42. The van der Waals surface area contributed by atoms with E-state index in [1.165, 1.54) is 6.21 Å². The normalized spacial score (nSPS) is 10.7. The van der Waals surface area contributed by atoms with Crippen LogP contribution >= 0.6 is 23.6 Å². The van der Waals surface area contributed by atoms with Gasteiger partial charge in [0.05, 0.1) is 6.21 Å². The third-order valence-electron chi connectivity index (χ3n) is 2.21. The number of hydrogen-bond donors (Lipinski definition) is 3. The molecule has 0 bridgehead atoms. The Morgan fingerprint density at radius 1 is 1.44 bits per heavy atom. The Kier molecular flexibility index (Phi) is 3.91. The lowest BCUT2D eigenvalue weighted by atomic mass is 10.1. The molecule has 4 nitrogen and oxygen atoms in total. The van der Waals surface area contributed by atoms with E-state index < -0.39 is 0 Å². The first kappa shape index (κ1) is 12.5. The minimum Gasteiger partial charge on any atom is -0.507 e. The van der Waals surface area contributed by atoms with Gasteiger partial charge in [0, 0.05) is 10.4 Å². The maximum Gasteiger partial charge on any atom is 0.184 e. The van der Waals surface area contributed by atoms with Crippen LogP contribution in [0.2, 0.25) is 0 Å². The van der Waals surface area contributed by atoms with Crippen LogP contribution < -0.4 is 11.2 Å². The number of thiophene rings is 1. The van der Waals surface area contributed by atoms with Crippen LogP contribution in [-0.4, -0.2) is 16.4 Å². The van der Waals surface area contributed by atoms with Crippen LogP contribution in [0.5, 0.6) is 5.75 Å². The zero-order valence-corrected chi connectivity index (χ0v) is 11.0. The molecule has 6 heteroatoms. The molecule has 0 amide bonds. The molecule has 0 fully saturated rings. The van der Waals surface area contributed by atoms with Gasteiger partial charge in [-0.2, -0.15) is 5.10 Å². The van der Waals surface area contributed by atoms with Gasteiger partial charge >= 0.3 is 0 Å². The van der Waals surface area contributed by atoms with Gasteiger partial charge in [-0.15, -0.1) is 11.3 Å². The molecule has 0 atom stereocenters. The monoisotopic (exact) mass is 277 g/mol. The summed E-state index contributed by atoms with van der Waals surface area (Å²) in [6, 6.07) is 9.35. The van der Waals surface area contributed by atoms with Crippen molar-refractivity contribution in [1.82, 2.24) is 5.43 Å². The van der Waals surface area contributed by atoms with Crippen molar-refractivity contribution in [3.05, 3.63) is 41.3 Å². The smallest absolute Gasteiger partial charge is 0.184 e. The van der Waals surface area contributed by atoms with Gasteiger partial charge < -0.3 is 10.8 Å². The van der Waals surface area contributed by atoms with E-state index in [2.05, 4.69) is 22.7 Å². The van der Waals surface area contributed by atoms with Gasteiger partial charge in [0.15, 0.2) is 5.11 Å². The highest BCUT2D eigenvalue weighted by Crippen LogP contribution is 2.28. The molecule has 0 saturated heterocycles. The molecule has 0 saturated carbocycles. The van der Waals surface area contributed by atoms with Gasteiger partial charge in [-0.05, 0) is 47.4 Å². The van der Waals surface area contributed by atoms with Crippen molar-refractivity contribution < 1.29 is 5.11 Å². The van der Waals surface area contributed by atoms with Crippen LogP contribution in [0.15, 0.2) is 40.8 Å². The minimum atomic E-state index is 0.0835. The number of hydrogen-bond acceptors (Lipinski definition) is 4. The van der Waals surface area contributed by atoms with E-state index in [0.717, 1.165) is 10.4 Å². The molecule has 0 radical (unpaired) electrons. The van der Waals surface area contributed by atoms with Crippen molar-refractivity contribution in [1.29, 1.82) is 0 Å². The molecule has 0 unspecified atom stereocenters. The number of thiocarbonyl (C=S) groups is 1. The molecule has 1 heterocycles. The quantitative estimate of drug-likeness (QED) is 0.457. The van der Waals surface area contributed by atoms with Crippen LogP contribution in [0, 0.1) is 0 Å². The Morgan fingerprint density at radius 3 is 2.94 bits per heavy atom. The average molecular weight is 277 g/mol. The predicted molar refractivity (Wildman–Crippen MR) is 78.9 cm³/mol. The van der Waals surface area contributed by atoms with Crippen molar-refractivity contribution in [2.24, 2.45) is 10.8 Å². The van der Waals surface area contributed by atoms with E-state index >= 15 is 0 Å². The molecule has 4 N–H and O–H groups in total. The average Bonchev–Trinajstić information content (AvgIpc) is 2.84. The summed E-state index contributed by atoms with van der Waals surface area (Å²) in [6.45, 7) is 0.